The predicted molar refractivity (Wildman–Crippen MR) is 78.9 cm³/mol. The lowest BCUT2D eigenvalue weighted by atomic mass is 9.93. The summed E-state index contributed by atoms with van der Waals surface area (Å²) in [7, 11) is 4.23. The fourth-order valence-corrected chi connectivity index (χ4v) is 3.25. The second kappa shape index (κ2) is 6.10. The highest BCUT2D eigenvalue weighted by molar-refractivity contribution is 8.14. The minimum absolute atomic E-state index is 0.245. The molecule has 4 heteroatoms. The van der Waals surface area contributed by atoms with Gasteiger partial charge in [0, 0.05) is 24.9 Å². The zero-order valence-corrected chi connectivity index (χ0v) is 12.9. The summed E-state index contributed by atoms with van der Waals surface area (Å²) in [5.74, 6) is 1.84. The molecule has 1 atom stereocenters. The number of thioether (sulfide) groups is 1. The number of hydrogen-bond donors (Lipinski definition) is 1. The fraction of sp³-hybridized carbons (Fsp3) is 0.923. The Morgan fingerprint density at radius 2 is 2.12 bits per heavy atom. The smallest absolute Gasteiger partial charge is 0.156 e. The van der Waals surface area contributed by atoms with Gasteiger partial charge < -0.3 is 10.2 Å². The van der Waals surface area contributed by atoms with Crippen LogP contribution < -0.4 is 5.32 Å². The van der Waals surface area contributed by atoms with Gasteiger partial charge in [-0.2, -0.15) is 0 Å². The van der Waals surface area contributed by atoms with Gasteiger partial charge in [0.25, 0.3) is 0 Å². The number of rotatable bonds is 5. The monoisotopic (exact) mass is 257 g/mol. The van der Waals surface area contributed by atoms with Gasteiger partial charge >= 0.3 is 0 Å². The van der Waals surface area contributed by atoms with Crippen LogP contribution in [0.2, 0.25) is 0 Å². The summed E-state index contributed by atoms with van der Waals surface area (Å²) < 4.78 is 0. The van der Waals surface area contributed by atoms with E-state index in [1.54, 1.807) is 0 Å². The minimum Gasteiger partial charge on any atom is -0.361 e. The molecule has 0 saturated carbocycles. The van der Waals surface area contributed by atoms with E-state index in [0.717, 1.165) is 24.0 Å². The lowest BCUT2D eigenvalue weighted by Crippen LogP contribution is -2.34. The van der Waals surface area contributed by atoms with Crippen LogP contribution in [-0.2, 0) is 0 Å². The van der Waals surface area contributed by atoms with E-state index in [2.05, 4.69) is 52.0 Å². The summed E-state index contributed by atoms with van der Waals surface area (Å²) in [6.45, 7) is 11.0. The Morgan fingerprint density at radius 1 is 1.47 bits per heavy atom. The van der Waals surface area contributed by atoms with Crippen LogP contribution in [0.1, 0.15) is 27.7 Å². The summed E-state index contributed by atoms with van der Waals surface area (Å²) in [5, 5.41) is 4.65. The van der Waals surface area contributed by atoms with Crippen LogP contribution in [0.25, 0.3) is 0 Å². The molecule has 0 aliphatic carbocycles. The van der Waals surface area contributed by atoms with Crippen molar-refractivity contribution in [2.45, 2.75) is 33.7 Å². The van der Waals surface area contributed by atoms with E-state index in [-0.39, 0.29) is 5.41 Å². The molecule has 1 saturated heterocycles. The molecule has 1 heterocycles. The zero-order chi connectivity index (χ0) is 13.1. The summed E-state index contributed by atoms with van der Waals surface area (Å²) in [6, 6.07) is 0.593. The van der Waals surface area contributed by atoms with Crippen LogP contribution in [0, 0.1) is 11.3 Å². The third kappa shape index (κ3) is 5.30. The van der Waals surface area contributed by atoms with Crippen LogP contribution in [0.15, 0.2) is 4.99 Å². The number of nitrogens with zero attached hydrogens (tertiary/aromatic N) is 2. The molecular formula is C13H27N3S. The molecule has 1 aliphatic rings. The second-order valence-electron chi connectivity index (χ2n) is 6.33. The molecule has 1 rings (SSSR count). The molecule has 0 aromatic heterocycles. The van der Waals surface area contributed by atoms with Gasteiger partial charge in [0.15, 0.2) is 5.17 Å². The zero-order valence-electron chi connectivity index (χ0n) is 12.1. The van der Waals surface area contributed by atoms with Crippen molar-refractivity contribution in [3.63, 3.8) is 0 Å². The van der Waals surface area contributed by atoms with Gasteiger partial charge in [-0.25, -0.2) is 0 Å². The summed E-state index contributed by atoms with van der Waals surface area (Å²) >= 11 is 1.86. The Morgan fingerprint density at radius 3 is 2.59 bits per heavy atom. The Bertz CT molecular complexity index is 272. The molecule has 0 aromatic rings. The van der Waals surface area contributed by atoms with Gasteiger partial charge in [-0.3, -0.25) is 4.99 Å². The second-order valence-corrected chi connectivity index (χ2v) is 7.34. The highest BCUT2D eigenvalue weighted by Gasteiger charge is 2.24. The highest BCUT2D eigenvalue weighted by atomic mass is 32.2. The van der Waals surface area contributed by atoms with E-state index in [1.807, 2.05) is 11.8 Å². The Labute approximate surface area is 110 Å². The first-order valence-corrected chi connectivity index (χ1v) is 7.37. The van der Waals surface area contributed by atoms with Gasteiger partial charge in [-0.1, -0.05) is 39.5 Å². The van der Waals surface area contributed by atoms with Crippen molar-refractivity contribution < 1.29 is 0 Å². The third-order valence-electron chi connectivity index (χ3n) is 2.91. The maximum atomic E-state index is 4.72. The Balaban J connectivity index is 2.44. The molecule has 0 radical (unpaired) electrons. The standard InChI is InChI=1S/C13H27N3S/c1-10(2)11-7-17-12(15-11)14-8-13(3,4)9-16(5)6/h10-11H,7-9H2,1-6H3,(H,14,15)/t11-/m1/s1. The maximum Gasteiger partial charge on any atom is 0.156 e. The molecule has 1 N–H and O–H groups in total. The first-order chi connectivity index (χ1) is 7.80. The highest BCUT2D eigenvalue weighted by Crippen LogP contribution is 2.21. The number of hydrogen-bond acceptors (Lipinski definition) is 3. The SMILES string of the molecule is CC(C)[C@H]1CSC(=NCC(C)(C)CN(C)C)N1. The lowest BCUT2D eigenvalue weighted by Gasteiger charge is -2.26. The molecule has 0 amide bonds. The summed E-state index contributed by atoms with van der Waals surface area (Å²) in [6.07, 6.45) is 0. The third-order valence-corrected chi connectivity index (χ3v) is 3.95. The average Bonchev–Trinajstić information content (AvgIpc) is 2.61. The van der Waals surface area contributed by atoms with Crippen molar-refractivity contribution in [1.82, 2.24) is 10.2 Å². The van der Waals surface area contributed by atoms with Gasteiger partial charge in [0.2, 0.25) is 0 Å². The van der Waals surface area contributed by atoms with Crippen LogP contribution in [-0.4, -0.2) is 49.0 Å². The van der Waals surface area contributed by atoms with Gasteiger partial charge in [-0.05, 0) is 25.4 Å². The van der Waals surface area contributed by atoms with E-state index in [0.29, 0.717) is 12.0 Å². The molecule has 1 fully saturated rings. The number of aliphatic imine (C=N–C) groups is 1. The van der Waals surface area contributed by atoms with E-state index < -0.39 is 0 Å². The van der Waals surface area contributed by atoms with Gasteiger partial charge in [0.1, 0.15) is 0 Å². The molecular weight excluding hydrogens is 230 g/mol. The first kappa shape index (κ1) is 14.8. The van der Waals surface area contributed by atoms with Crippen molar-refractivity contribution in [2.24, 2.45) is 16.3 Å². The molecule has 0 spiro atoms. The van der Waals surface area contributed by atoms with Crippen LogP contribution in [0.5, 0.6) is 0 Å². The lowest BCUT2D eigenvalue weighted by molar-refractivity contribution is 0.249. The van der Waals surface area contributed by atoms with Crippen molar-refractivity contribution in [3.8, 4) is 0 Å². The van der Waals surface area contributed by atoms with E-state index in [4.69, 9.17) is 4.99 Å². The number of nitrogens with one attached hydrogen (secondary N) is 1. The topological polar surface area (TPSA) is 27.6 Å². The molecule has 0 aromatic carbocycles. The summed E-state index contributed by atoms with van der Waals surface area (Å²) in [4.78, 5) is 6.95. The molecule has 17 heavy (non-hydrogen) atoms. The average molecular weight is 257 g/mol. The fourth-order valence-electron chi connectivity index (χ4n) is 2.05. The summed E-state index contributed by atoms with van der Waals surface area (Å²) in [5.41, 5.74) is 0.245. The minimum atomic E-state index is 0.245. The van der Waals surface area contributed by atoms with Crippen LogP contribution >= 0.6 is 11.8 Å². The Hall–Kier alpha value is -0.220. The van der Waals surface area contributed by atoms with Crippen molar-refractivity contribution in [1.29, 1.82) is 0 Å². The first-order valence-electron chi connectivity index (χ1n) is 6.39. The van der Waals surface area contributed by atoms with Crippen LogP contribution in [0.4, 0.5) is 0 Å². The normalized spacial score (nSPS) is 23.8. The van der Waals surface area contributed by atoms with E-state index >= 15 is 0 Å². The van der Waals surface area contributed by atoms with Crippen LogP contribution in [0.3, 0.4) is 0 Å². The van der Waals surface area contributed by atoms with Gasteiger partial charge in [0.05, 0.1) is 0 Å². The largest absolute Gasteiger partial charge is 0.361 e. The quantitative estimate of drug-likeness (QED) is 0.819. The van der Waals surface area contributed by atoms with Crippen molar-refractivity contribution in [3.05, 3.63) is 0 Å². The Kier molecular flexibility index (Phi) is 5.32. The molecule has 0 unspecified atom stereocenters. The molecule has 1 aliphatic heterocycles. The number of amidine groups is 1. The van der Waals surface area contributed by atoms with Crippen molar-refractivity contribution >= 4 is 16.9 Å². The molecule has 3 nitrogen and oxygen atoms in total. The molecule has 100 valence electrons. The van der Waals surface area contributed by atoms with Crippen molar-refractivity contribution in [2.75, 3.05) is 32.9 Å². The molecule has 0 bridgehead atoms. The van der Waals surface area contributed by atoms with E-state index in [1.165, 1.54) is 0 Å². The predicted octanol–water partition coefficient (Wildman–Crippen LogP) is 2.29. The van der Waals surface area contributed by atoms with Gasteiger partial charge in [-0.15, -0.1) is 0 Å². The van der Waals surface area contributed by atoms with E-state index in [9.17, 15) is 0 Å². The maximum absolute atomic E-state index is 4.72.